The molecule has 1 amide bonds. The molecule has 0 spiro atoms. The SMILES string of the molecule is CCN(CC)c1ncc(Cl)c(C(=O)NCc2ccc(CN3CCC(O)CC3)cc2)n1. The lowest BCUT2D eigenvalue weighted by atomic mass is 10.1. The first-order valence-electron chi connectivity index (χ1n) is 10.5. The third-order valence-corrected chi connectivity index (χ3v) is 5.71. The Morgan fingerprint density at radius 3 is 2.47 bits per heavy atom. The summed E-state index contributed by atoms with van der Waals surface area (Å²) < 4.78 is 0. The summed E-state index contributed by atoms with van der Waals surface area (Å²) in [5, 5.41) is 12.8. The van der Waals surface area contributed by atoms with Crippen LogP contribution < -0.4 is 10.2 Å². The Morgan fingerprint density at radius 1 is 1.20 bits per heavy atom. The van der Waals surface area contributed by atoms with E-state index in [1.807, 2.05) is 30.9 Å². The van der Waals surface area contributed by atoms with Crippen molar-refractivity contribution in [3.05, 3.63) is 52.3 Å². The first kappa shape index (κ1) is 22.5. The third-order valence-electron chi connectivity index (χ3n) is 5.43. The van der Waals surface area contributed by atoms with Crippen molar-refractivity contribution in [1.82, 2.24) is 20.2 Å². The Bertz CT molecular complexity index is 834. The van der Waals surface area contributed by atoms with Crippen molar-refractivity contribution < 1.29 is 9.90 Å². The first-order chi connectivity index (χ1) is 14.5. The molecule has 2 heterocycles. The number of amides is 1. The highest BCUT2D eigenvalue weighted by molar-refractivity contribution is 6.33. The molecule has 8 heteroatoms. The lowest BCUT2D eigenvalue weighted by Crippen LogP contribution is -2.35. The summed E-state index contributed by atoms with van der Waals surface area (Å²) in [6, 6.07) is 8.22. The molecule has 3 rings (SSSR count). The van der Waals surface area contributed by atoms with Crippen LogP contribution in [0.3, 0.4) is 0 Å². The number of carbonyl (C=O) groups is 1. The lowest BCUT2D eigenvalue weighted by molar-refractivity contribution is 0.0792. The fourth-order valence-electron chi connectivity index (χ4n) is 3.54. The average molecular weight is 432 g/mol. The molecule has 1 aromatic heterocycles. The summed E-state index contributed by atoms with van der Waals surface area (Å²) >= 11 is 6.16. The van der Waals surface area contributed by atoms with Crippen LogP contribution in [-0.2, 0) is 13.1 Å². The normalized spacial score (nSPS) is 15.2. The van der Waals surface area contributed by atoms with Gasteiger partial charge in [-0.05, 0) is 37.8 Å². The van der Waals surface area contributed by atoms with Crippen LogP contribution in [0.25, 0.3) is 0 Å². The van der Waals surface area contributed by atoms with Gasteiger partial charge in [-0.1, -0.05) is 35.9 Å². The van der Waals surface area contributed by atoms with Gasteiger partial charge >= 0.3 is 0 Å². The molecule has 30 heavy (non-hydrogen) atoms. The van der Waals surface area contributed by atoms with Crippen LogP contribution in [0.5, 0.6) is 0 Å². The topological polar surface area (TPSA) is 81.6 Å². The van der Waals surface area contributed by atoms with E-state index < -0.39 is 0 Å². The van der Waals surface area contributed by atoms with Gasteiger partial charge in [0.05, 0.1) is 17.3 Å². The average Bonchev–Trinajstić information content (AvgIpc) is 2.76. The number of nitrogens with zero attached hydrogens (tertiary/aromatic N) is 4. The number of aromatic nitrogens is 2. The Hall–Kier alpha value is -2.22. The second-order valence-corrected chi connectivity index (χ2v) is 7.95. The van der Waals surface area contributed by atoms with E-state index in [0.717, 1.165) is 51.1 Å². The second kappa shape index (κ2) is 10.7. The van der Waals surface area contributed by atoms with E-state index in [9.17, 15) is 9.90 Å². The highest BCUT2D eigenvalue weighted by atomic mass is 35.5. The van der Waals surface area contributed by atoms with E-state index in [0.29, 0.717) is 12.5 Å². The number of carbonyl (C=O) groups excluding carboxylic acids is 1. The van der Waals surface area contributed by atoms with Gasteiger partial charge in [-0.15, -0.1) is 0 Å². The van der Waals surface area contributed by atoms with E-state index >= 15 is 0 Å². The largest absolute Gasteiger partial charge is 0.393 e. The molecule has 1 aromatic carbocycles. The molecule has 1 fully saturated rings. The minimum absolute atomic E-state index is 0.154. The number of hydrogen-bond donors (Lipinski definition) is 2. The molecule has 2 N–H and O–H groups in total. The number of halogens is 1. The van der Waals surface area contributed by atoms with Crippen molar-refractivity contribution in [3.63, 3.8) is 0 Å². The van der Waals surface area contributed by atoms with Crippen LogP contribution >= 0.6 is 11.6 Å². The maximum Gasteiger partial charge on any atom is 0.271 e. The molecule has 0 radical (unpaired) electrons. The van der Waals surface area contributed by atoms with Crippen molar-refractivity contribution in [2.24, 2.45) is 0 Å². The number of rotatable bonds is 8. The summed E-state index contributed by atoms with van der Waals surface area (Å²) in [5.74, 6) is 0.191. The Morgan fingerprint density at radius 2 is 1.83 bits per heavy atom. The monoisotopic (exact) mass is 431 g/mol. The van der Waals surface area contributed by atoms with Gasteiger partial charge in [0.1, 0.15) is 0 Å². The smallest absolute Gasteiger partial charge is 0.271 e. The molecule has 1 aliphatic rings. The van der Waals surface area contributed by atoms with Crippen molar-refractivity contribution in [1.29, 1.82) is 0 Å². The zero-order chi connectivity index (χ0) is 21.5. The van der Waals surface area contributed by atoms with Crippen molar-refractivity contribution >= 4 is 23.5 Å². The summed E-state index contributed by atoms with van der Waals surface area (Å²) in [6.45, 7) is 8.66. The standard InChI is InChI=1S/C22H30ClN5O2/c1-3-28(4-2)22-25-14-19(23)20(26-22)21(30)24-13-16-5-7-17(8-6-16)15-27-11-9-18(29)10-12-27/h5-8,14,18,29H,3-4,9-13,15H2,1-2H3,(H,24,30). The fourth-order valence-corrected chi connectivity index (χ4v) is 3.72. The Kier molecular flexibility index (Phi) is 8.01. The van der Waals surface area contributed by atoms with E-state index in [-0.39, 0.29) is 22.7 Å². The van der Waals surface area contributed by atoms with Crippen LogP contribution in [0.1, 0.15) is 48.3 Å². The Balaban J connectivity index is 1.56. The molecule has 0 bridgehead atoms. The van der Waals surface area contributed by atoms with Gasteiger partial charge in [0.25, 0.3) is 5.91 Å². The van der Waals surface area contributed by atoms with E-state index in [2.05, 4.69) is 32.3 Å². The van der Waals surface area contributed by atoms with Crippen LogP contribution in [0.4, 0.5) is 5.95 Å². The molecule has 0 unspecified atom stereocenters. The van der Waals surface area contributed by atoms with Gasteiger partial charge in [0.15, 0.2) is 5.69 Å². The number of benzene rings is 1. The third kappa shape index (κ3) is 5.90. The van der Waals surface area contributed by atoms with Gasteiger partial charge in [-0.3, -0.25) is 9.69 Å². The number of nitrogens with one attached hydrogen (secondary N) is 1. The van der Waals surface area contributed by atoms with Crippen molar-refractivity contribution in [2.45, 2.75) is 45.9 Å². The molecule has 1 saturated heterocycles. The Labute approximate surface area is 183 Å². The quantitative estimate of drug-likeness (QED) is 0.668. The maximum atomic E-state index is 12.6. The minimum Gasteiger partial charge on any atom is -0.393 e. The van der Waals surface area contributed by atoms with Gasteiger partial charge in [0, 0.05) is 39.3 Å². The number of aliphatic hydroxyl groups excluding tert-OH is 1. The van der Waals surface area contributed by atoms with Crippen LogP contribution in [0, 0.1) is 0 Å². The van der Waals surface area contributed by atoms with Gasteiger partial charge in [-0.2, -0.15) is 0 Å². The zero-order valence-corrected chi connectivity index (χ0v) is 18.4. The predicted molar refractivity (Wildman–Crippen MR) is 119 cm³/mol. The summed E-state index contributed by atoms with van der Waals surface area (Å²) in [6.07, 6.45) is 3.00. The maximum absolute atomic E-state index is 12.6. The molecule has 0 saturated carbocycles. The molecule has 0 atom stereocenters. The number of piperidine rings is 1. The summed E-state index contributed by atoms with van der Waals surface area (Å²) in [4.78, 5) is 25.5. The van der Waals surface area contributed by atoms with Gasteiger partial charge in [-0.25, -0.2) is 9.97 Å². The van der Waals surface area contributed by atoms with Crippen LogP contribution in [0.15, 0.2) is 30.5 Å². The zero-order valence-electron chi connectivity index (χ0n) is 17.6. The van der Waals surface area contributed by atoms with Crippen LogP contribution in [-0.4, -0.2) is 58.2 Å². The minimum atomic E-state index is -0.313. The number of likely N-dealkylation sites (tertiary alicyclic amines) is 1. The van der Waals surface area contributed by atoms with E-state index in [1.54, 1.807) is 0 Å². The van der Waals surface area contributed by atoms with Crippen molar-refractivity contribution in [3.8, 4) is 0 Å². The highest BCUT2D eigenvalue weighted by Crippen LogP contribution is 2.17. The molecular formula is C22H30ClN5O2. The molecule has 0 aliphatic carbocycles. The lowest BCUT2D eigenvalue weighted by Gasteiger charge is -2.29. The number of hydrogen-bond acceptors (Lipinski definition) is 6. The number of anilines is 1. The molecule has 2 aromatic rings. The molecule has 1 aliphatic heterocycles. The van der Waals surface area contributed by atoms with E-state index in [1.165, 1.54) is 11.8 Å². The second-order valence-electron chi connectivity index (χ2n) is 7.55. The first-order valence-corrected chi connectivity index (χ1v) is 10.9. The fraction of sp³-hybridized carbons (Fsp3) is 0.500. The van der Waals surface area contributed by atoms with Crippen molar-refractivity contribution in [2.75, 3.05) is 31.1 Å². The summed E-state index contributed by atoms with van der Waals surface area (Å²) in [7, 11) is 0. The highest BCUT2D eigenvalue weighted by Gasteiger charge is 2.18. The molecular weight excluding hydrogens is 402 g/mol. The summed E-state index contributed by atoms with van der Waals surface area (Å²) in [5.41, 5.74) is 2.43. The number of aliphatic hydroxyl groups is 1. The van der Waals surface area contributed by atoms with Crippen LogP contribution in [0.2, 0.25) is 5.02 Å². The predicted octanol–water partition coefficient (Wildman–Crippen LogP) is 2.86. The molecule has 162 valence electrons. The molecule has 7 nitrogen and oxygen atoms in total. The van der Waals surface area contributed by atoms with Gasteiger partial charge in [0.2, 0.25) is 5.95 Å². The van der Waals surface area contributed by atoms with E-state index in [4.69, 9.17) is 11.6 Å². The van der Waals surface area contributed by atoms with Gasteiger partial charge < -0.3 is 15.3 Å².